The maximum absolute atomic E-state index is 12.4. The fraction of sp³-hybridized carbons (Fsp3) is 0.421. The van der Waals surface area contributed by atoms with E-state index in [1.165, 1.54) is 12.8 Å². The minimum Gasteiger partial charge on any atom is -0.370 e. The lowest BCUT2D eigenvalue weighted by atomic mass is 9.92. The molecule has 1 saturated carbocycles. The summed E-state index contributed by atoms with van der Waals surface area (Å²) >= 11 is 0. The molecule has 4 rings (SSSR count). The molecule has 6 heteroatoms. The Bertz CT molecular complexity index is 956. The van der Waals surface area contributed by atoms with Gasteiger partial charge in [0.05, 0.1) is 11.2 Å². The molecule has 0 unspecified atom stereocenters. The Hall–Kier alpha value is -2.81. The molecule has 2 heterocycles. The van der Waals surface area contributed by atoms with Gasteiger partial charge in [0.2, 0.25) is 0 Å². The second-order valence-electron chi connectivity index (χ2n) is 7.12. The highest BCUT2D eigenvalue weighted by Gasteiger charge is 2.44. The standard InChI is InChI=1S/C19H20N4O2/c1-21-17(24)12-2-3-15-13(10-12)16(14(11-20)18(25)22-15)23-8-6-19(4-5-19)7-9-23/h2-3,10H,4-9H2,1H3,(H,21,24)(H,22,25). The SMILES string of the molecule is CNC(=O)c1ccc2[nH]c(=O)c(C#N)c(N3CCC4(CC3)CC4)c2c1. The Morgan fingerprint density at radius 2 is 2.00 bits per heavy atom. The van der Waals surface area contributed by atoms with Crippen LogP contribution in [0, 0.1) is 16.7 Å². The van der Waals surface area contributed by atoms with Crippen LogP contribution in [0.3, 0.4) is 0 Å². The third-order valence-electron chi connectivity index (χ3n) is 5.69. The molecule has 6 nitrogen and oxygen atoms in total. The topological polar surface area (TPSA) is 89.0 Å². The van der Waals surface area contributed by atoms with Gasteiger partial charge in [0, 0.05) is 31.1 Å². The zero-order valence-electron chi connectivity index (χ0n) is 14.2. The van der Waals surface area contributed by atoms with E-state index in [-0.39, 0.29) is 17.0 Å². The van der Waals surface area contributed by atoms with E-state index in [2.05, 4.69) is 21.3 Å². The molecule has 1 aromatic heterocycles. The summed E-state index contributed by atoms with van der Waals surface area (Å²) in [5.74, 6) is -0.187. The van der Waals surface area contributed by atoms with Gasteiger partial charge >= 0.3 is 0 Å². The molecule has 1 aliphatic heterocycles. The summed E-state index contributed by atoms with van der Waals surface area (Å²) in [5, 5.41) is 12.9. The van der Waals surface area contributed by atoms with E-state index in [1.54, 1.807) is 25.2 Å². The maximum atomic E-state index is 12.4. The van der Waals surface area contributed by atoms with E-state index in [0.717, 1.165) is 31.3 Å². The van der Waals surface area contributed by atoms with Crippen LogP contribution in [-0.2, 0) is 0 Å². The molecule has 1 spiro atoms. The van der Waals surface area contributed by atoms with E-state index < -0.39 is 0 Å². The number of H-pyrrole nitrogens is 1. The number of anilines is 1. The second kappa shape index (κ2) is 5.62. The second-order valence-corrected chi connectivity index (χ2v) is 7.12. The number of pyridine rings is 1. The molecule has 1 aromatic carbocycles. The van der Waals surface area contributed by atoms with Crippen LogP contribution in [-0.4, -0.2) is 31.0 Å². The molecule has 128 valence electrons. The van der Waals surface area contributed by atoms with Crippen LogP contribution in [0.5, 0.6) is 0 Å². The quantitative estimate of drug-likeness (QED) is 0.879. The van der Waals surface area contributed by atoms with Gasteiger partial charge in [-0.3, -0.25) is 9.59 Å². The summed E-state index contributed by atoms with van der Waals surface area (Å²) in [6.45, 7) is 1.69. The Labute approximate surface area is 145 Å². The number of piperidine rings is 1. The van der Waals surface area contributed by atoms with Gasteiger partial charge < -0.3 is 15.2 Å². The monoisotopic (exact) mass is 336 g/mol. The van der Waals surface area contributed by atoms with Crippen LogP contribution in [0.1, 0.15) is 41.6 Å². The molecule has 25 heavy (non-hydrogen) atoms. The summed E-state index contributed by atoms with van der Waals surface area (Å²) in [7, 11) is 1.58. The van der Waals surface area contributed by atoms with Crippen LogP contribution in [0.2, 0.25) is 0 Å². The van der Waals surface area contributed by atoms with Crippen LogP contribution in [0.4, 0.5) is 5.69 Å². The molecule has 1 aliphatic carbocycles. The van der Waals surface area contributed by atoms with Gasteiger partial charge in [0.25, 0.3) is 11.5 Å². The summed E-state index contributed by atoms with van der Waals surface area (Å²) < 4.78 is 0. The fourth-order valence-corrected chi connectivity index (χ4v) is 3.88. The lowest BCUT2D eigenvalue weighted by Crippen LogP contribution is -2.36. The molecule has 2 aromatic rings. The summed E-state index contributed by atoms with van der Waals surface area (Å²) in [4.78, 5) is 29.3. The Morgan fingerprint density at radius 3 is 2.60 bits per heavy atom. The van der Waals surface area contributed by atoms with Crippen LogP contribution in [0.15, 0.2) is 23.0 Å². The normalized spacial score (nSPS) is 18.2. The molecular weight excluding hydrogens is 316 g/mol. The molecule has 2 N–H and O–H groups in total. The van der Waals surface area contributed by atoms with Gasteiger partial charge in [0.1, 0.15) is 11.6 Å². The number of hydrogen-bond donors (Lipinski definition) is 2. The van der Waals surface area contributed by atoms with Crippen molar-refractivity contribution in [1.29, 1.82) is 5.26 Å². The number of nitriles is 1. The van der Waals surface area contributed by atoms with Crippen molar-refractivity contribution in [3.63, 3.8) is 0 Å². The van der Waals surface area contributed by atoms with Crippen molar-refractivity contribution in [2.75, 3.05) is 25.0 Å². The summed E-state index contributed by atoms with van der Waals surface area (Å²) in [6.07, 6.45) is 4.79. The van der Waals surface area contributed by atoms with Crippen molar-refractivity contribution in [2.24, 2.45) is 5.41 Å². The largest absolute Gasteiger partial charge is 0.370 e. The summed E-state index contributed by atoms with van der Waals surface area (Å²) in [6, 6.07) is 7.25. The van der Waals surface area contributed by atoms with Gasteiger partial charge in [0.15, 0.2) is 0 Å². The summed E-state index contributed by atoms with van der Waals surface area (Å²) in [5.41, 5.74) is 2.11. The highest BCUT2D eigenvalue weighted by atomic mass is 16.1. The molecule has 2 aliphatic rings. The average Bonchev–Trinajstić information content (AvgIpc) is 3.39. The van der Waals surface area contributed by atoms with Gasteiger partial charge in [-0.1, -0.05) is 0 Å². The average molecular weight is 336 g/mol. The van der Waals surface area contributed by atoms with Gasteiger partial charge in [-0.2, -0.15) is 5.26 Å². The van der Waals surface area contributed by atoms with E-state index in [9.17, 15) is 14.9 Å². The first-order chi connectivity index (χ1) is 12.1. The van der Waals surface area contributed by atoms with E-state index >= 15 is 0 Å². The first kappa shape index (κ1) is 15.7. The third-order valence-corrected chi connectivity index (χ3v) is 5.69. The Kier molecular flexibility index (Phi) is 3.53. The number of hydrogen-bond acceptors (Lipinski definition) is 4. The number of fused-ring (bicyclic) bond motifs is 1. The third kappa shape index (κ3) is 2.56. The van der Waals surface area contributed by atoms with Crippen LogP contribution >= 0.6 is 0 Å². The molecular formula is C19H20N4O2. The number of carbonyl (C=O) groups is 1. The lowest BCUT2D eigenvalue weighted by molar-refractivity contribution is 0.0963. The fourth-order valence-electron chi connectivity index (χ4n) is 3.88. The van der Waals surface area contributed by atoms with Crippen LogP contribution in [0.25, 0.3) is 10.9 Å². The molecule has 1 saturated heterocycles. The van der Waals surface area contributed by atoms with E-state index in [0.29, 0.717) is 22.2 Å². The minimum atomic E-state index is -0.371. The molecule has 0 bridgehead atoms. The Morgan fingerprint density at radius 1 is 1.28 bits per heavy atom. The highest BCUT2D eigenvalue weighted by molar-refractivity contribution is 6.02. The van der Waals surface area contributed by atoms with Crippen molar-refractivity contribution in [1.82, 2.24) is 10.3 Å². The zero-order valence-corrected chi connectivity index (χ0v) is 14.2. The number of nitrogens with zero attached hydrogens (tertiary/aromatic N) is 2. The number of carbonyl (C=O) groups excluding carboxylic acids is 1. The van der Waals surface area contributed by atoms with Crippen molar-refractivity contribution in [2.45, 2.75) is 25.7 Å². The van der Waals surface area contributed by atoms with Crippen LogP contribution < -0.4 is 15.8 Å². The van der Waals surface area contributed by atoms with Crippen molar-refractivity contribution < 1.29 is 4.79 Å². The first-order valence-corrected chi connectivity index (χ1v) is 8.64. The van der Waals surface area contributed by atoms with Gasteiger partial charge in [-0.15, -0.1) is 0 Å². The number of aromatic amines is 1. The van der Waals surface area contributed by atoms with Crippen molar-refractivity contribution in [3.8, 4) is 6.07 Å². The van der Waals surface area contributed by atoms with E-state index in [4.69, 9.17) is 0 Å². The number of aromatic nitrogens is 1. The highest BCUT2D eigenvalue weighted by Crippen LogP contribution is 2.54. The molecule has 0 radical (unpaired) electrons. The van der Waals surface area contributed by atoms with Crippen molar-refractivity contribution >= 4 is 22.5 Å². The molecule has 1 amide bonds. The number of amides is 1. The lowest BCUT2D eigenvalue weighted by Gasteiger charge is -2.34. The first-order valence-electron chi connectivity index (χ1n) is 8.64. The number of rotatable bonds is 2. The molecule has 2 fully saturated rings. The van der Waals surface area contributed by atoms with Crippen molar-refractivity contribution in [3.05, 3.63) is 39.7 Å². The van der Waals surface area contributed by atoms with Gasteiger partial charge in [-0.25, -0.2) is 0 Å². The smallest absolute Gasteiger partial charge is 0.268 e. The number of nitrogens with one attached hydrogen (secondary N) is 2. The zero-order chi connectivity index (χ0) is 17.6. The molecule has 0 atom stereocenters. The number of benzene rings is 1. The van der Waals surface area contributed by atoms with E-state index in [1.807, 2.05) is 0 Å². The predicted molar refractivity (Wildman–Crippen MR) is 95.8 cm³/mol. The predicted octanol–water partition coefficient (Wildman–Crippen LogP) is 2.14. The maximum Gasteiger partial charge on any atom is 0.268 e. The minimum absolute atomic E-state index is 0.133. The van der Waals surface area contributed by atoms with Gasteiger partial charge in [-0.05, 0) is 49.3 Å². The Balaban J connectivity index is 1.88.